The number of amides is 1. The summed E-state index contributed by atoms with van der Waals surface area (Å²) in [4.78, 5) is 14.4. The molecule has 2 rings (SSSR count). The van der Waals surface area contributed by atoms with Crippen LogP contribution in [0.1, 0.15) is 23.2 Å². The van der Waals surface area contributed by atoms with Crippen LogP contribution in [-0.2, 0) is 0 Å². The SMILES string of the molecule is C=CCOc1ccc(C(=O)N2CCCC2CN)cc1OC. The molecule has 2 N–H and O–H groups in total. The second kappa shape index (κ2) is 7.13. The molecule has 1 aliphatic rings. The van der Waals surface area contributed by atoms with Gasteiger partial charge in [-0.1, -0.05) is 12.7 Å². The maximum Gasteiger partial charge on any atom is 0.254 e. The predicted molar refractivity (Wildman–Crippen MR) is 81.8 cm³/mol. The van der Waals surface area contributed by atoms with Crippen LogP contribution in [0.25, 0.3) is 0 Å². The van der Waals surface area contributed by atoms with Crippen LogP contribution in [0.4, 0.5) is 0 Å². The van der Waals surface area contributed by atoms with Gasteiger partial charge in [-0.2, -0.15) is 0 Å². The zero-order chi connectivity index (χ0) is 15.2. The number of carbonyl (C=O) groups is 1. The summed E-state index contributed by atoms with van der Waals surface area (Å²) in [6.45, 7) is 5.27. The second-order valence-corrected chi connectivity index (χ2v) is 5.00. The number of nitrogens with two attached hydrogens (primary N) is 1. The predicted octanol–water partition coefficient (Wildman–Crippen LogP) is 1.82. The van der Waals surface area contributed by atoms with Gasteiger partial charge in [0.25, 0.3) is 5.91 Å². The van der Waals surface area contributed by atoms with E-state index in [0.29, 0.717) is 30.2 Å². The van der Waals surface area contributed by atoms with E-state index < -0.39 is 0 Å². The standard InChI is InChI=1S/C16H22N2O3/c1-3-9-21-14-7-6-12(10-15(14)20-2)16(19)18-8-4-5-13(18)11-17/h3,6-7,10,13H,1,4-5,8-9,11,17H2,2H3. The lowest BCUT2D eigenvalue weighted by Crippen LogP contribution is -2.39. The molecule has 0 spiro atoms. The van der Waals surface area contributed by atoms with Crippen LogP contribution in [0.2, 0.25) is 0 Å². The van der Waals surface area contributed by atoms with Crippen LogP contribution in [0.3, 0.4) is 0 Å². The van der Waals surface area contributed by atoms with E-state index in [2.05, 4.69) is 6.58 Å². The van der Waals surface area contributed by atoms with Crippen molar-refractivity contribution >= 4 is 5.91 Å². The minimum Gasteiger partial charge on any atom is -0.493 e. The number of benzene rings is 1. The van der Waals surface area contributed by atoms with E-state index in [1.807, 2.05) is 4.90 Å². The van der Waals surface area contributed by atoms with E-state index in [1.165, 1.54) is 0 Å². The molecule has 1 unspecified atom stereocenters. The van der Waals surface area contributed by atoms with Crippen molar-refractivity contribution in [1.29, 1.82) is 0 Å². The molecule has 0 radical (unpaired) electrons. The molecule has 1 aromatic rings. The van der Waals surface area contributed by atoms with Crippen LogP contribution in [-0.4, -0.2) is 43.7 Å². The summed E-state index contributed by atoms with van der Waals surface area (Å²) < 4.78 is 10.8. The Hall–Kier alpha value is -2.01. The molecule has 1 fully saturated rings. The first-order valence-corrected chi connectivity index (χ1v) is 7.14. The molecule has 1 saturated heterocycles. The van der Waals surface area contributed by atoms with Crippen LogP contribution in [0.15, 0.2) is 30.9 Å². The molecular formula is C16H22N2O3. The van der Waals surface area contributed by atoms with Crippen molar-refractivity contribution in [3.63, 3.8) is 0 Å². The number of hydrogen-bond donors (Lipinski definition) is 1. The highest BCUT2D eigenvalue weighted by molar-refractivity contribution is 5.95. The average molecular weight is 290 g/mol. The fourth-order valence-electron chi connectivity index (χ4n) is 2.58. The van der Waals surface area contributed by atoms with E-state index >= 15 is 0 Å². The summed E-state index contributed by atoms with van der Waals surface area (Å²) in [6.07, 6.45) is 3.64. The number of likely N-dealkylation sites (tertiary alicyclic amines) is 1. The molecule has 0 bridgehead atoms. The molecule has 0 saturated carbocycles. The molecule has 1 heterocycles. The first-order chi connectivity index (χ1) is 10.2. The maximum atomic E-state index is 12.6. The van der Waals surface area contributed by atoms with Crippen molar-refractivity contribution in [2.45, 2.75) is 18.9 Å². The Labute approximate surface area is 125 Å². The third-order valence-electron chi connectivity index (χ3n) is 3.68. The lowest BCUT2D eigenvalue weighted by Gasteiger charge is -2.23. The number of rotatable bonds is 6. The molecule has 1 aliphatic heterocycles. The van der Waals surface area contributed by atoms with E-state index in [4.69, 9.17) is 15.2 Å². The molecule has 1 atom stereocenters. The van der Waals surface area contributed by atoms with Crippen LogP contribution in [0.5, 0.6) is 11.5 Å². The minimum absolute atomic E-state index is 0.00322. The Bertz CT molecular complexity index is 516. The zero-order valence-electron chi connectivity index (χ0n) is 12.4. The van der Waals surface area contributed by atoms with E-state index in [-0.39, 0.29) is 11.9 Å². The lowest BCUT2D eigenvalue weighted by atomic mass is 10.1. The summed E-state index contributed by atoms with van der Waals surface area (Å²) in [5.41, 5.74) is 6.32. The minimum atomic E-state index is -0.00322. The summed E-state index contributed by atoms with van der Waals surface area (Å²) in [7, 11) is 1.56. The summed E-state index contributed by atoms with van der Waals surface area (Å²) in [6, 6.07) is 5.37. The quantitative estimate of drug-likeness (QED) is 0.812. The highest BCUT2D eigenvalue weighted by atomic mass is 16.5. The molecule has 0 aliphatic carbocycles. The smallest absolute Gasteiger partial charge is 0.254 e. The lowest BCUT2D eigenvalue weighted by molar-refractivity contribution is 0.0741. The van der Waals surface area contributed by atoms with Gasteiger partial charge in [-0.05, 0) is 31.0 Å². The van der Waals surface area contributed by atoms with Gasteiger partial charge in [0, 0.05) is 24.7 Å². The van der Waals surface area contributed by atoms with Crippen molar-refractivity contribution in [1.82, 2.24) is 4.90 Å². The van der Waals surface area contributed by atoms with Gasteiger partial charge in [-0.3, -0.25) is 4.79 Å². The van der Waals surface area contributed by atoms with Crippen molar-refractivity contribution < 1.29 is 14.3 Å². The highest BCUT2D eigenvalue weighted by Gasteiger charge is 2.28. The van der Waals surface area contributed by atoms with Gasteiger partial charge in [-0.25, -0.2) is 0 Å². The van der Waals surface area contributed by atoms with Crippen molar-refractivity contribution in [3.8, 4) is 11.5 Å². The summed E-state index contributed by atoms with van der Waals surface area (Å²) >= 11 is 0. The van der Waals surface area contributed by atoms with E-state index in [1.54, 1.807) is 31.4 Å². The largest absolute Gasteiger partial charge is 0.493 e. The van der Waals surface area contributed by atoms with Crippen LogP contribution < -0.4 is 15.2 Å². The van der Waals surface area contributed by atoms with Crippen LogP contribution >= 0.6 is 0 Å². The van der Waals surface area contributed by atoms with Crippen LogP contribution in [0, 0.1) is 0 Å². The Balaban J connectivity index is 2.19. The molecule has 114 valence electrons. The topological polar surface area (TPSA) is 64.8 Å². The highest BCUT2D eigenvalue weighted by Crippen LogP contribution is 2.29. The van der Waals surface area contributed by atoms with Crippen molar-refractivity contribution in [2.24, 2.45) is 5.73 Å². The van der Waals surface area contributed by atoms with E-state index in [9.17, 15) is 4.79 Å². The van der Waals surface area contributed by atoms with Gasteiger partial charge >= 0.3 is 0 Å². The molecule has 0 aromatic heterocycles. The summed E-state index contributed by atoms with van der Waals surface area (Å²) in [5.74, 6) is 1.15. The molecular weight excluding hydrogens is 268 g/mol. The zero-order valence-corrected chi connectivity index (χ0v) is 12.4. The third-order valence-corrected chi connectivity index (χ3v) is 3.68. The molecule has 5 heteroatoms. The average Bonchev–Trinajstić information content (AvgIpc) is 3.00. The Morgan fingerprint density at radius 1 is 1.52 bits per heavy atom. The number of methoxy groups -OCH3 is 1. The number of ether oxygens (including phenoxy) is 2. The van der Waals surface area contributed by atoms with Gasteiger partial charge < -0.3 is 20.1 Å². The molecule has 1 aromatic carbocycles. The van der Waals surface area contributed by atoms with Gasteiger partial charge in [0.2, 0.25) is 0 Å². The fraction of sp³-hybridized carbons (Fsp3) is 0.438. The number of hydrogen-bond acceptors (Lipinski definition) is 4. The third kappa shape index (κ3) is 3.36. The first kappa shape index (κ1) is 15.4. The molecule has 1 amide bonds. The number of nitrogens with zero attached hydrogens (tertiary/aromatic N) is 1. The molecule has 21 heavy (non-hydrogen) atoms. The number of carbonyl (C=O) groups excluding carboxylic acids is 1. The Kier molecular flexibility index (Phi) is 5.22. The van der Waals surface area contributed by atoms with E-state index in [0.717, 1.165) is 19.4 Å². The van der Waals surface area contributed by atoms with Gasteiger partial charge in [-0.15, -0.1) is 0 Å². The van der Waals surface area contributed by atoms with Crippen molar-refractivity contribution in [3.05, 3.63) is 36.4 Å². The monoisotopic (exact) mass is 290 g/mol. The van der Waals surface area contributed by atoms with Gasteiger partial charge in [0.15, 0.2) is 11.5 Å². The molecule has 5 nitrogen and oxygen atoms in total. The Morgan fingerprint density at radius 3 is 3.00 bits per heavy atom. The Morgan fingerprint density at radius 2 is 2.33 bits per heavy atom. The van der Waals surface area contributed by atoms with Gasteiger partial charge in [0.05, 0.1) is 7.11 Å². The first-order valence-electron chi connectivity index (χ1n) is 7.14. The van der Waals surface area contributed by atoms with Gasteiger partial charge in [0.1, 0.15) is 6.61 Å². The second-order valence-electron chi connectivity index (χ2n) is 5.00. The fourth-order valence-corrected chi connectivity index (χ4v) is 2.58. The normalized spacial score (nSPS) is 17.6. The maximum absolute atomic E-state index is 12.6. The summed E-state index contributed by atoms with van der Waals surface area (Å²) in [5, 5.41) is 0. The van der Waals surface area contributed by atoms with Crippen molar-refractivity contribution in [2.75, 3.05) is 26.8 Å².